The topological polar surface area (TPSA) is 127 Å². The molecule has 0 aromatic heterocycles. The van der Waals surface area contributed by atoms with Gasteiger partial charge in [-0.3, -0.25) is 15.4 Å². The van der Waals surface area contributed by atoms with Crippen molar-refractivity contribution < 1.29 is 17.9 Å². The average molecular weight is 758 g/mol. The van der Waals surface area contributed by atoms with Crippen LogP contribution in [0.2, 0.25) is 0 Å². The first-order valence-corrected chi connectivity index (χ1v) is 21.0. The lowest BCUT2D eigenvalue weighted by Gasteiger charge is -2.51. The number of para-hydroxylation sites is 1. The van der Waals surface area contributed by atoms with E-state index in [1.807, 2.05) is 24.3 Å². The first kappa shape index (κ1) is 40.2. The molecule has 52 heavy (non-hydrogen) atoms. The number of alkyl halides is 1. The number of hydrogen-bond acceptors (Lipinski definition) is 10. The van der Waals surface area contributed by atoms with Gasteiger partial charge < -0.3 is 30.5 Å². The van der Waals surface area contributed by atoms with Crippen LogP contribution in [0.15, 0.2) is 53.9 Å². The molecule has 11 nitrogen and oxygen atoms in total. The highest BCUT2D eigenvalue weighted by Crippen LogP contribution is 2.41. The minimum absolute atomic E-state index is 0.258. The molecule has 1 amide bonds. The predicted octanol–water partition coefficient (Wildman–Crippen LogP) is 6.73. The molecule has 2 aromatic carbocycles. The van der Waals surface area contributed by atoms with Gasteiger partial charge in [-0.25, -0.2) is 8.42 Å². The smallest absolute Gasteiger partial charge is 0.247 e. The van der Waals surface area contributed by atoms with Crippen LogP contribution in [0.4, 0.5) is 22.7 Å². The van der Waals surface area contributed by atoms with Crippen molar-refractivity contribution in [3.63, 3.8) is 0 Å². The zero-order valence-corrected chi connectivity index (χ0v) is 33.2. The van der Waals surface area contributed by atoms with Crippen LogP contribution in [0.3, 0.4) is 0 Å². The Morgan fingerprint density at radius 2 is 1.67 bits per heavy atom. The van der Waals surface area contributed by atoms with Crippen LogP contribution in [-0.4, -0.2) is 88.2 Å². The van der Waals surface area contributed by atoms with Gasteiger partial charge in [-0.15, -0.1) is 11.6 Å². The summed E-state index contributed by atoms with van der Waals surface area (Å²) in [6.45, 7) is 8.76. The van der Waals surface area contributed by atoms with Crippen LogP contribution in [0.5, 0.6) is 5.75 Å². The number of amides is 1. The summed E-state index contributed by atoms with van der Waals surface area (Å²) in [5, 5.41) is 16.8. The van der Waals surface area contributed by atoms with E-state index in [-0.39, 0.29) is 10.8 Å². The maximum absolute atomic E-state index is 13.5. The van der Waals surface area contributed by atoms with Gasteiger partial charge in [-0.2, -0.15) is 0 Å². The fraction of sp³-hybridized carbons (Fsp3) is 0.615. The lowest BCUT2D eigenvalue weighted by molar-refractivity contribution is -0.111. The van der Waals surface area contributed by atoms with Crippen molar-refractivity contribution in [2.75, 3.05) is 55.1 Å². The number of anilines is 4. The highest BCUT2D eigenvalue weighted by molar-refractivity contribution is 7.92. The summed E-state index contributed by atoms with van der Waals surface area (Å²) >= 11 is 7.56. The zero-order chi connectivity index (χ0) is 37.5. The van der Waals surface area contributed by atoms with Gasteiger partial charge in [0.1, 0.15) is 12.0 Å². The predicted molar refractivity (Wildman–Crippen MR) is 215 cm³/mol. The van der Waals surface area contributed by atoms with Crippen molar-refractivity contribution in [1.29, 1.82) is 0 Å². The van der Waals surface area contributed by atoms with Gasteiger partial charge >= 0.3 is 0 Å². The molecule has 4 unspecified atom stereocenters. The summed E-state index contributed by atoms with van der Waals surface area (Å²) in [6, 6.07) is 11.4. The Balaban J connectivity index is 1.52. The molecule has 13 heteroatoms. The summed E-state index contributed by atoms with van der Waals surface area (Å²) in [6.07, 6.45) is 12.3. The van der Waals surface area contributed by atoms with E-state index in [1.165, 1.54) is 31.8 Å². The number of halogens is 1. The van der Waals surface area contributed by atoms with E-state index in [0.717, 1.165) is 63.7 Å². The van der Waals surface area contributed by atoms with E-state index in [2.05, 4.69) is 57.1 Å². The van der Waals surface area contributed by atoms with Crippen molar-refractivity contribution in [3.05, 3.63) is 49.1 Å². The maximum atomic E-state index is 13.5. The Kier molecular flexibility index (Phi) is 13.8. The van der Waals surface area contributed by atoms with Crippen molar-refractivity contribution in [2.45, 2.75) is 124 Å². The third kappa shape index (κ3) is 9.36. The van der Waals surface area contributed by atoms with E-state index in [9.17, 15) is 13.2 Å². The maximum Gasteiger partial charge on any atom is 0.247 e. The van der Waals surface area contributed by atoms with E-state index in [0.29, 0.717) is 28.9 Å². The first-order chi connectivity index (χ1) is 24.9. The molecule has 2 heterocycles. The Hall–Kier alpha value is -3.03. The van der Waals surface area contributed by atoms with E-state index >= 15 is 0 Å². The molecule has 3 fully saturated rings. The minimum Gasteiger partial charge on any atom is -0.495 e. The summed E-state index contributed by atoms with van der Waals surface area (Å²) in [4.78, 5) is 17.5. The SMILES string of the molecule is C=CC(=O)Nc1cc(NC2NC(Nc3ccccc3S(=O)(=O)C(C)C)C(Cl)C3(CCCCCCCCCC3)N2)c(OC)cc1N1CCC(N(C)C)C1. The van der Waals surface area contributed by atoms with Crippen molar-refractivity contribution in [3.8, 4) is 5.75 Å². The third-order valence-electron chi connectivity index (χ3n) is 11.0. The number of rotatable bonds is 11. The van der Waals surface area contributed by atoms with E-state index in [4.69, 9.17) is 16.3 Å². The van der Waals surface area contributed by atoms with Gasteiger partial charge in [0.2, 0.25) is 5.91 Å². The molecule has 5 N–H and O–H groups in total. The van der Waals surface area contributed by atoms with Crippen molar-refractivity contribution in [2.24, 2.45) is 0 Å². The number of nitrogens with zero attached hydrogens (tertiary/aromatic N) is 2. The number of sulfone groups is 1. The standard InChI is InChI=1S/C39H60ClN7O4S/c1-7-35(48)41-30-24-31(33(51-6)25-32(30)47-23-20-28(26-47)46(4)5)43-38-44-37(42-29-18-14-15-19-34(29)52(49,50)27(2)3)36(40)39(45-38)21-16-12-10-8-9-11-13-17-22-39/h7,14-15,18-19,24-25,27-28,36-38,42-45H,1,8-13,16-17,20-23,26H2,2-6H3,(H,41,48). The van der Waals surface area contributed by atoms with Gasteiger partial charge in [0.15, 0.2) is 9.84 Å². The summed E-state index contributed by atoms with van der Waals surface area (Å²) in [7, 11) is 2.27. The molecule has 2 aliphatic heterocycles. The van der Waals surface area contributed by atoms with Crippen LogP contribution in [0.25, 0.3) is 0 Å². The molecule has 4 atom stereocenters. The molecule has 2 aromatic rings. The minimum atomic E-state index is -3.57. The largest absolute Gasteiger partial charge is 0.495 e. The highest BCUT2D eigenvalue weighted by Gasteiger charge is 2.47. The highest BCUT2D eigenvalue weighted by atomic mass is 35.5. The summed E-state index contributed by atoms with van der Waals surface area (Å²) < 4.78 is 32.9. The fourth-order valence-electron chi connectivity index (χ4n) is 7.86. The van der Waals surface area contributed by atoms with E-state index < -0.39 is 38.5 Å². The quantitative estimate of drug-likeness (QED) is 0.125. The molecular weight excluding hydrogens is 698 g/mol. The van der Waals surface area contributed by atoms with Crippen LogP contribution in [-0.2, 0) is 14.6 Å². The molecule has 1 saturated carbocycles. The molecule has 0 radical (unpaired) electrons. The molecule has 1 aliphatic carbocycles. The van der Waals surface area contributed by atoms with Crippen molar-refractivity contribution in [1.82, 2.24) is 15.5 Å². The molecule has 1 spiro atoms. The second kappa shape index (κ2) is 17.9. The molecule has 0 bridgehead atoms. The molecule has 3 aliphatic rings. The van der Waals surface area contributed by atoms with Gasteiger partial charge in [0.05, 0.1) is 51.5 Å². The lowest BCUT2D eigenvalue weighted by atomic mass is 9.80. The van der Waals surface area contributed by atoms with E-state index in [1.54, 1.807) is 33.1 Å². The van der Waals surface area contributed by atoms with Crippen LogP contribution in [0.1, 0.15) is 84.5 Å². The fourth-order valence-corrected chi connectivity index (χ4v) is 9.49. The van der Waals surface area contributed by atoms with Gasteiger partial charge in [0, 0.05) is 30.7 Å². The number of benzene rings is 2. The van der Waals surface area contributed by atoms with Crippen molar-refractivity contribution >= 4 is 50.1 Å². The summed E-state index contributed by atoms with van der Waals surface area (Å²) in [5.41, 5.74) is 2.29. The Morgan fingerprint density at radius 1 is 1.02 bits per heavy atom. The first-order valence-electron chi connectivity index (χ1n) is 19.0. The van der Waals surface area contributed by atoms with Crippen LogP contribution in [0, 0.1) is 0 Å². The number of carbonyl (C=O) groups is 1. The summed E-state index contributed by atoms with van der Waals surface area (Å²) in [5.74, 6) is 0.334. The number of likely N-dealkylation sites (N-methyl/N-ethyl adjacent to an activating group) is 1. The Labute approximate surface area is 316 Å². The lowest BCUT2D eigenvalue weighted by Crippen LogP contribution is -2.74. The van der Waals surface area contributed by atoms with Crippen LogP contribution < -0.4 is 36.2 Å². The number of hydrogen-bond donors (Lipinski definition) is 5. The second-order valence-electron chi connectivity index (χ2n) is 15.1. The molecule has 5 rings (SSSR count). The molecular formula is C39H60ClN7O4S. The Bertz CT molecular complexity index is 1630. The van der Waals surface area contributed by atoms with Gasteiger partial charge in [-0.05, 0) is 71.5 Å². The number of methoxy groups -OCH3 is 1. The van der Waals surface area contributed by atoms with Gasteiger partial charge in [-0.1, -0.05) is 70.1 Å². The normalized spacial score (nSPS) is 24.3. The Morgan fingerprint density at radius 3 is 2.27 bits per heavy atom. The van der Waals surface area contributed by atoms with Crippen LogP contribution >= 0.6 is 11.6 Å². The number of ether oxygens (including phenoxy) is 1. The van der Waals surface area contributed by atoms with Gasteiger partial charge in [0.25, 0.3) is 0 Å². The monoisotopic (exact) mass is 757 g/mol. The average Bonchev–Trinajstić information content (AvgIpc) is 3.60. The number of carbonyl (C=O) groups excluding carboxylic acids is 1. The molecule has 288 valence electrons. The number of nitrogens with one attached hydrogen (secondary N) is 5. The second-order valence-corrected chi connectivity index (χ2v) is 18.0. The molecule has 2 saturated heterocycles. The third-order valence-corrected chi connectivity index (χ3v) is 13.9. The zero-order valence-electron chi connectivity index (χ0n) is 31.6.